The van der Waals surface area contributed by atoms with E-state index in [-0.39, 0.29) is 0 Å². The van der Waals surface area contributed by atoms with Crippen molar-refractivity contribution in [2.45, 2.75) is 13.3 Å². The fourth-order valence-electron chi connectivity index (χ4n) is 1.57. The van der Waals surface area contributed by atoms with Crippen molar-refractivity contribution in [2.75, 3.05) is 6.61 Å². The molecule has 0 spiro atoms. The van der Waals surface area contributed by atoms with Gasteiger partial charge in [0.1, 0.15) is 0 Å². The highest BCUT2D eigenvalue weighted by molar-refractivity contribution is 6.33. The Hall–Kier alpha value is -1.81. The number of rotatable bonds is 5. The minimum absolute atomic E-state index is 0.411. The number of aldehydes is 1. The van der Waals surface area contributed by atoms with Crippen molar-refractivity contribution in [2.24, 2.45) is 0 Å². The molecule has 94 valence electrons. The third-order valence-electron chi connectivity index (χ3n) is 2.43. The SMILES string of the molecule is CCCOc1cnn(-c2cccc(Cl)c2C=O)c1. The van der Waals surface area contributed by atoms with Crippen LogP contribution in [0.5, 0.6) is 5.75 Å². The van der Waals surface area contributed by atoms with Crippen molar-refractivity contribution in [1.82, 2.24) is 9.78 Å². The predicted octanol–water partition coefficient (Wildman–Crippen LogP) is 3.13. The number of ether oxygens (including phenoxy) is 1. The third-order valence-corrected chi connectivity index (χ3v) is 2.76. The average molecular weight is 265 g/mol. The summed E-state index contributed by atoms with van der Waals surface area (Å²) in [5.41, 5.74) is 1.06. The molecule has 0 aliphatic rings. The van der Waals surface area contributed by atoms with Crippen molar-refractivity contribution in [3.05, 3.63) is 41.2 Å². The molecule has 2 rings (SSSR count). The lowest BCUT2D eigenvalue weighted by molar-refractivity contribution is 0.112. The number of hydrogen-bond donors (Lipinski definition) is 0. The van der Waals surface area contributed by atoms with Gasteiger partial charge in [0.25, 0.3) is 0 Å². The van der Waals surface area contributed by atoms with Gasteiger partial charge in [-0.15, -0.1) is 0 Å². The van der Waals surface area contributed by atoms with Crippen LogP contribution >= 0.6 is 11.6 Å². The maximum atomic E-state index is 11.0. The van der Waals surface area contributed by atoms with Crippen LogP contribution in [0.3, 0.4) is 0 Å². The summed E-state index contributed by atoms with van der Waals surface area (Å²) in [7, 11) is 0. The molecule has 0 radical (unpaired) electrons. The topological polar surface area (TPSA) is 44.1 Å². The Balaban J connectivity index is 2.34. The molecule has 1 heterocycles. The van der Waals surface area contributed by atoms with Gasteiger partial charge >= 0.3 is 0 Å². The van der Waals surface area contributed by atoms with Gasteiger partial charge in [0.15, 0.2) is 12.0 Å². The monoisotopic (exact) mass is 264 g/mol. The van der Waals surface area contributed by atoms with Crippen LogP contribution < -0.4 is 4.74 Å². The molecular formula is C13H13ClN2O2. The smallest absolute Gasteiger partial charge is 0.157 e. The van der Waals surface area contributed by atoms with Crippen LogP contribution in [-0.4, -0.2) is 22.7 Å². The molecule has 0 aliphatic carbocycles. The van der Waals surface area contributed by atoms with Crippen LogP contribution in [-0.2, 0) is 0 Å². The summed E-state index contributed by atoms with van der Waals surface area (Å²) in [6, 6.07) is 5.23. The first-order valence-corrected chi connectivity index (χ1v) is 6.05. The van der Waals surface area contributed by atoms with Crippen LogP contribution in [0.1, 0.15) is 23.7 Å². The van der Waals surface area contributed by atoms with Crippen molar-refractivity contribution in [1.29, 1.82) is 0 Å². The first-order valence-electron chi connectivity index (χ1n) is 5.67. The van der Waals surface area contributed by atoms with Crippen LogP contribution in [0.4, 0.5) is 0 Å². The minimum Gasteiger partial charge on any atom is -0.490 e. The molecule has 0 N–H and O–H groups in total. The van der Waals surface area contributed by atoms with Crippen molar-refractivity contribution >= 4 is 17.9 Å². The predicted molar refractivity (Wildman–Crippen MR) is 69.7 cm³/mol. The van der Waals surface area contributed by atoms with E-state index in [0.29, 0.717) is 28.6 Å². The molecule has 0 aliphatic heterocycles. The quantitative estimate of drug-likeness (QED) is 0.780. The summed E-state index contributed by atoms with van der Waals surface area (Å²) in [6.45, 7) is 2.67. The molecule has 0 unspecified atom stereocenters. The van der Waals surface area contributed by atoms with Gasteiger partial charge in [0.2, 0.25) is 0 Å². The lowest BCUT2D eigenvalue weighted by Crippen LogP contribution is -2.00. The number of carbonyl (C=O) groups excluding carboxylic acids is 1. The number of benzene rings is 1. The van der Waals surface area contributed by atoms with Gasteiger partial charge in [0.05, 0.1) is 35.3 Å². The number of nitrogens with zero attached hydrogens (tertiary/aromatic N) is 2. The minimum atomic E-state index is 0.411. The molecule has 1 aromatic carbocycles. The Bertz CT molecular complexity index is 552. The Morgan fingerprint density at radius 1 is 1.50 bits per heavy atom. The molecule has 5 heteroatoms. The number of hydrogen-bond acceptors (Lipinski definition) is 3. The zero-order valence-electron chi connectivity index (χ0n) is 9.97. The second-order valence-electron chi connectivity index (χ2n) is 3.76. The summed E-state index contributed by atoms with van der Waals surface area (Å²) < 4.78 is 7.04. The normalized spacial score (nSPS) is 10.3. The maximum Gasteiger partial charge on any atom is 0.157 e. The molecule has 0 amide bonds. The van der Waals surface area contributed by atoms with E-state index in [9.17, 15) is 4.79 Å². The lowest BCUT2D eigenvalue weighted by Gasteiger charge is -2.05. The molecule has 2 aromatic rings. The van der Waals surface area contributed by atoms with E-state index in [1.807, 2.05) is 6.92 Å². The summed E-state index contributed by atoms with van der Waals surface area (Å²) >= 11 is 5.97. The molecule has 0 saturated heterocycles. The second-order valence-corrected chi connectivity index (χ2v) is 4.17. The van der Waals surface area contributed by atoms with E-state index >= 15 is 0 Å². The highest BCUT2D eigenvalue weighted by Crippen LogP contribution is 2.22. The average Bonchev–Trinajstić information content (AvgIpc) is 2.84. The van der Waals surface area contributed by atoms with E-state index in [1.54, 1.807) is 35.3 Å². The largest absolute Gasteiger partial charge is 0.490 e. The van der Waals surface area contributed by atoms with Crippen LogP contribution in [0.2, 0.25) is 5.02 Å². The van der Waals surface area contributed by atoms with E-state index in [1.165, 1.54) is 0 Å². The Morgan fingerprint density at radius 2 is 2.33 bits per heavy atom. The molecule has 0 bridgehead atoms. The van der Waals surface area contributed by atoms with E-state index in [0.717, 1.165) is 12.7 Å². The van der Waals surface area contributed by atoms with Crippen LogP contribution in [0.15, 0.2) is 30.6 Å². The maximum absolute atomic E-state index is 11.0. The third kappa shape index (κ3) is 2.54. The highest BCUT2D eigenvalue weighted by Gasteiger charge is 2.09. The van der Waals surface area contributed by atoms with Gasteiger partial charge in [-0.2, -0.15) is 5.10 Å². The molecular weight excluding hydrogens is 252 g/mol. The number of carbonyl (C=O) groups is 1. The first-order chi connectivity index (χ1) is 8.76. The zero-order valence-corrected chi connectivity index (χ0v) is 10.7. The summed E-state index contributed by atoms with van der Waals surface area (Å²) in [5, 5.41) is 4.57. The molecule has 18 heavy (non-hydrogen) atoms. The van der Waals surface area contributed by atoms with Gasteiger partial charge in [-0.3, -0.25) is 4.79 Å². The highest BCUT2D eigenvalue weighted by atomic mass is 35.5. The van der Waals surface area contributed by atoms with Crippen molar-refractivity contribution in [3.8, 4) is 11.4 Å². The van der Waals surface area contributed by atoms with E-state index in [2.05, 4.69) is 5.10 Å². The number of aromatic nitrogens is 2. The summed E-state index contributed by atoms with van der Waals surface area (Å²) in [4.78, 5) is 11.0. The lowest BCUT2D eigenvalue weighted by atomic mass is 10.2. The zero-order chi connectivity index (χ0) is 13.0. The van der Waals surface area contributed by atoms with Gasteiger partial charge in [-0.25, -0.2) is 4.68 Å². The first kappa shape index (κ1) is 12.6. The Morgan fingerprint density at radius 3 is 3.06 bits per heavy atom. The Labute approximate surface area is 110 Å². The second kappa shape index (κ2) is 5.69. The van der Waals surface area contributed by atoms with E-state index < -0.39 is 0 Å². The van der Waals surface area contributed by atoms with Gasteiger partial charge in [-0.05, 0) is 18.6 Å². The van der Waals surface area contributed by atoms with Crippen LogP contribution in [0, 0.1) is 0 Å². The van der Waals surface area contributed by atoms with Crippen LogP contribution in [0.25, 0.3) is 5.69 Å². The standard InChI is InChI=1S/C13H13ClN2O2/c1-2-6-18-10-7-15-16(8-10)13-5-3-4-12(14)11(13)9-17/h3-5,7-9H,2,6H2,1H3. The molecule has 0 saturated carbocycles. The van der Waals surface area contributed by atoms with Gasteiger partial charge in [-0.1, -0.05) is 24.6 Å². The molecule has 4 nitrogen and oxygen atoms in total. The Kier molecular flexibility index (Phi) is 3.99. The molecule has 0 fully saturated rings. The van der Waals surface area contributed by atoms with Gasteiger partial charge < -0.3 is 4.74 Å². The summed E-state index contributed by atoms with van der Waals surface area (Å²) in [5.74, 6) is 0.675. The molecule has 1 aromatic heterocycles. The summed E-state index contributed by atoms with van der Waals surface area (Å²) in [6.07, 6.45) is 5.01. The fourth-order valence-corrected chi connectivity index (χ4v) is 1.79. The molecule has 0 atom stereocenters. The van der Waals surface area contributed by atoms with E-state index in [4.69, 9.17) is 16.3 Å². The van der Waals surface area contributed by atoms with Crippen molar-refractivity contribution < 1.29 is 9.53 Å². The van der Waals surface area contributed by atoms with Gasteiger partial charge in [0, 0.05) is 0 Å². The van der Waals surface area contributed by atoms with Crippen molar-refractivity contribution in [3.63, 3.8) is 0 Å². The number of halogens is 1. The fraction of sp³-hybridized carbons (Fsp3) is 0.231.